The number of methoxy groups -OCH3 is 3. The number of thiocarbonyl (C=S) groups is 1. The van der Waals surface area contributed by atoms with Gasteiger partial charge in [0.15, 0.2) is 5.11 Å². The largest absolute Gasteiger partial charge is 0.497 e. The van der Waals surface area contributed by atoms with Crippen LogP contribution in [-0.4, -0.2) is 32.7 Å². The van der Waals surface area contributed by atoms with E-state index in [0.717, 1.165) is 11.3 Å². The fourth-order valence-electron chi connectivity index (χ4n) is 1.98. The number of benzene rings is 2. The molecule has 126 valence electrons. The summed E-state index contributed by atoms with van der Waals surface area (Å²) in [5.41, 5.74) is 4.31. The molecule has 7 heteroatoms. The van der Waals surface area contributed by atoms with Gasteiger partial charge < -0.3 is 19.5 Å². The molecule has 0 amide bonds. The van der Waals surface area contributed by atoms with Gasteiger partial charge in [-0.15, -0.1) is 0 Å². The molecule has 2 aromatic carbocycles. The lowest BCUT2D eigenvalue weighted by Gasteiger charge is -2.11. The summed E-state index contributed by atoms with van der Waals surface area (Å²) < 4.78 is 15.7. The van der Waals surface area contributed by atoms with Crippen LogP contribution in [0.3, 0.4) is 0 Å². The van der Waals surface area contributed by atoms with Crippen LogP contribution in [0.5, 0.6) is 17.2 Å². The average molecular weight is 345 g/mol. The number of rotatable bonds is 6. The Kier molecular flexibility index (Phi) is 6.39. The van der Waals surface area contributed by atoms with Gasteiger partial charge in [0, 0.05) is 11.6 Å². The van der Waals surface area contributed by atoms with Crippen LogP contribution < -0.4 is 25.0 Å². The molecule has 0 heterocycles. The maximum absolute atomic E-state index is 5.31. The topological polar surface area (TPSA) is 64.1 Å². The molecule has 0 spiro atoms. The number of para-hydroxylation sites is 2. The molecule has 2 aromatic rings. The summed E-state index contributed by atoms with van der Waals surface area (Å²) in [5.74, 6) is 2.07. The zero-order valence-electron chi connectivity index (χ0n) is 13.7. The number of nitrogens with zero attached hydrogens (tertiary/aromatic N) is 1. The third-order valence-electron chi connectivity index (χ3n) is 3.17. The van der Waals surface area contributed by atoms with Crippen LogP contribution in [0.25, 0.3) is 0 Å². The van der Waals surface area contributed by atoms with Crippen molar-refractivity contribution in [3.8, 4) is 17.2 Å². The third-order valence-corrected chi connectivity index (χ3v) is 3.36. The van der Waals surface area contributed by atoms with Gasteiger partial charge in [-0.05, 0) is 36.5 Å². The monoisotopic (exact) mass is 345 g/mol. The van der Waals surface area contributed by atoms with Crippen LogP contribution in [0.2, 0.25) is 0 Å². The van der Waals surface area contributed by atoms with E-state index < -0.39 is 0 Å². The predicted molar refractivity (Wildman–Crippen MR) is 99.5 cm³/mol. The first-order chi connectivity index (χ1) is 11.7. The van der Waals surface area contributed by atoms with E-state index in [1.54, 1.807) is 33.6 Å². The van der Waals surface area contributed by atoms with Crippen molar-refractivity contribution in [2.45, 2.75) is 0 Å². The molecule has 0 radical (unpaired) electrons. The highest BCUT2D eigenvalue weighted by atomic mass is 32.1. The lowest BCUT2D eigenvalue weighted by Crippen LogP contribution is -2.24. The second-order valence-electron chi connectivity index (χ2n) is 4.63. The Balaban J connectivity index is 2.00. The molecule has 0 aliphatic heterocycles. The van der Waals surface area contributed by atoms with Gasteiger partial charge in [-0.3, -0.25) is 5.43 Å². The highest BCUT2D eigenvalue weighted by molar-refractivity contribution is 7.80. The van der Waals surface area contributed by atoms with Crippen LogP contribution in [0.15, 0.2) is 47.6 Å². The van der Waals surface area contributed by atoms with Crippen LogP contribution in [0.4, 0.5) is 5.69 Å². The third kappa shape index (κ3) is 4.60. The summed E-state index contributed by atoms with van der Waals surface area (Å²) in [5, 5.41) is 7.49. The van der Waals surface area contributed by atoms with Crippen LogP contribution in [0, 0.1) is 0 Å². The molecule has 0 atom stereocenters. The van der Waals surface area contributed by atoms with E-state index in [2.05, 4.69) is 15.8 Å². The minimum absolute atomic E-state index is 0.350. The van der Waals surface area contributed by atoms with Crippen molar-refractivity contribution in [3.63, 3.8) is 0 Å². The summed E-state index contributed by atoms with van der Waals surface area (Å²) in [4.78, 5) is 0. The van der Waals surface area contributed by atoms with Gasteiger partial charge in [-0.2, -0.15) is 5.10 Å². The van der Waals surface area contributed by atoms with Crippen LogP contribution >= 0.6 is 12.2 Å². The Labute approximate surface area is 146 Å². The van der Waals surface area contributed by atoms with Gasteiger partial charge in [0.2, 0.25) is 0 Å². The first-order valence-electron chi connectivity index (χ1n) is 7.13. The van der Waals surface area contributed by atoms with E-state index >= 15 is 0 Å². The van der Waals surface area contributed by atoms with Crippen LogP contribution in [-0.2, 0) is 0 Å². The molecule has 6 nitrogen and oxygen atoms in total. The smallest absolute Gasteiger partial charge is 0.191 e. The molecule has 0 aliphatic carbocycles. The first kappa shape index (κ1) is 17.6. The molecule has 0 aliphatic rings. The molecular formula is C17H19N3O3S. The molecule has 0 bridgehead atoms. The molecule has 24 heavy (non-hydrogen) atoms. The first-order valence-corrected chi connectivity index (χ1v) is 7.54. The van der Waals surface area contributed by atoms with E-state index in [1.165, 1.54) is 0 Å². The number of anilines is 1. The molecule has 2 N–H and O–H groups in total. The molecule has 0 unspecified atom stereocenters. The van der Waals surface area contributed by atoms with E-state index in [0.29, 0.717) is 22.4 Å². The van der Waals surface area contributed by atoms with Crippen molar-refractivity contribution in [2.75, 3.05) is 26.6 Å². The van der Waals surface area contributed by atoms with E-state index in [9.17, 15) is 0 Å². The van der Waals surface area contributed by atoms with Crippen molar-refractivity contribution in [3.05, 3.63) is 48.0 Å². The zero-order valence-corrected chi connectivity index (χ0v) is 14.5. The van der Waals surface area contributed by atoms with Gasteiger partial charge in [0.1, 0.15) is 17.2 Å². The minimum atomic E-state index is 0.350. The zero-order chi connectivity index (χ0) is 17.4. The number of hydrogen-bond donors (Lipinski definition) is 2. The van der Waals surface area contributed by atoms with Gasteiger partial charge in [0.25, 0.3) is 0 Å². The standard InChI is InChI=1S/C17H19N3O3S/c1-21-13-9-8-12(16(10-13)23-3)11-18-20-17(24)19-14-6-4-5-7-15(14)22-2/h4-11H,1-3H3,(H2,19,20,24). The van der Waals surface area contributed by atoms with Crippen molar-refractivity contribution in [1.29, 1.82) is 0 Å². The second-order valence-corrected chi connectivity index (χ2v) is 5.04. The van der Waals surface area contributed by atoms with E-state index in [1.807, 2.05) is 36.4 Å². The molecule has 0 saturated carbocycles. The maximum Gasteiger partial charge on any atom is 0.191 e. The van der Waals surface area contributed by atoms with Crippen molar-refractivity contribution in [1.82, 2.24) is 5.43 Å². The molecular weight excluding hydrogens is 326 g/mol. The SMILES string of the molecule is COc1ccc(C=NNC(=S)Nc2ccccc2OC)c(OC)c1. The highest BCUT2D eigenvalue weighted by Gasteiger charge is 2.04. The summed E-state index contributed by atoms with van der Waals surface area (Å²) in [6, 6.07) is 12.9. The lowest BCUT2D eigenvalue weighted by molar-refractivity contribution is 0.394. The summed E-state index contributed by atoms with van der Waals surface area (Å²) in [6.07, 6.45) is 1.62. The maximum atomic E-state index is 5.31. The van der Waals surface area contributed by atoms with Crippen molar-refractivity contribution < 1.29 is 14.2 Å². The lowest BCUT2D eigenvalue weighted by atomic mass is 10.2. The number of hydrogen-bond acceptors (Lipinski definition) is 5. The number of nitrogens with one attached hydrogen (secondary N) is 2. The van der Waals surface area contributed by atoms with Crippen molar-refractivity contribution >= 4 is 29.2 Å². The van der Waals surface area contributed by atoms with Gasteiger partial charge in [-0.25, -0.2) is 0 Å². The van der Waals surface area contributed by atoms with E-state index in [-0.39, 0.29) is 0 Å². The number of hydrazone groups is 1. The molecule has 0 aromatic heterocycles. The van der Waals surface area contributed by atoms with E-state index in [4.69, 9.17) is 26.4 Å². The number of ether oxygens (including phenoxy) is 3. The van der Waals surface area contributed by atoms with Crippen LogP contribution in [0.1, 0.15) is 5.56 Å². The van der Waals surface area contributed by atoms with Gasteiger partial charge in [0.05, 0.1) is 33.2 Å². The predicted octanol–water partition coefficient (Wildman–Crippen LogP) is 3.03. The van der Waals surface area contributed by atoms with Gasteiger partial charge in [-0.1, -0.05) is 12.1 Å². The normalized spacial score (nSPS) is 10.3. The minimum Gasteiger partial charge on any atom is -0.497 e. The Morgan fingerprint density at radius 3 is 2.46 bits per heavy atom. The second kappa shape index (κ2) is 8.73. The Hall–Kier alpha value is -2.80. The summed E-state index contributed by atoms with van der Waals surface area (Å²) >= 11 is 5.22. The van der Waals surface area contributed by atoms with Crippen molar-refractivity contribution in [2.24, 2.45) is 5.10 Å². The highest BCUT2D eigenvalue weighted by Crippen LogP contribution is 2.23. The molecule has 0 fully saturated rings. The molecule has 2 rings (SSSR count). The fourth-order valence-corrected chi connectivity index (χ4v) is 2.15. The Bertz CT molecular complexity index is 735. The average Bonchev–Trinajstić information content (AvgIpc) is 2.62. The Morgan fingerprint density at radius 1 is 1.00 bits per heavy atom. The van der Waals surface area contributed by atoms with Gasteiger partial charge >= 0.3 is 0 Å². The quantitative estimate of drug-likeness (QED) is 0.477. The Morgan fingerprint density at radius 2 is 1.75 bits per heavy atom. The fraction of sp³-hybridized carbons (Fsp3) is 0.176. The summed E-state index contributed by atoms with van der Waals surface area (Å²) in [7, 11) is 4.80. The summed E-state index contributed by atoms with van der Waals surface area (Å²) in [6.45, 7) is 0. The molecule has 0 saturated heterocycles.